The molecule has 1 aromatic rings. The summed E-state index contributed by atoms with van der Waals surface area (Å²) in [4.78, 5) is 0. The zero-order valence-corrected chi connectivity index (χ0v) is 8.34. The van der Waals surface area contributed by atoms with Crippen molar-refractivity contribution in [3.05, 3.63) is 27.6 Å². The molecule has 0 spiro atoms. The predicted octanol–water partition coefficient (Wildman–Crippen LogP) is 2.44. The van der Waals surface area contributed by atoms with Crippen molar-refractivity contribution in [2.75, 3.05) is 6.61 Å². The Balaban J connectivity index is 2.84. The summed E-state index contributed by atoms with van der Waals surface area (Å²) in [5.74, 6) is 2.10. The zero-order valence-electron chi connectivity index (χ0n) is 6.18. The van der Waals surface area contributed by atoms with Crippen LogP contribution < -0.4 is 4.74 Å². The second-order valence-corrected chi connectivity index (χ2v) is 3.31. The first-order chi connectivity index (χ1) is 5.74. The fourth-order valence-electron chi connectivity index (χ4n) is 0.707. The van der Waals surface area contributed by atoms with E-state index < -0.39 is 0 Å². The molecule has 0 radical (unpaired) electrons. The number of halogens is 2. The number of rotatable bonds is 2. The van der Waals surface area contributed by atoms with Crippen molar-refractivity contribution in [1.82, 2.24) is 0 Å². The van der Waals surface area contributed by atoms with Crippen LogP contribution in [0.2, 0.25) is 0 Å². The molecule has 0 aromatic heterocycles. The van der Waals surface area contributed by atoms with Gasteiger partial charge in [-0.15, -0.1) is 6.42 Å². The second-order valence-electron chi connectivity index (χ2n) is 2.07. The van der Waals surface area contributed by atoms with Gasteiger partial charge in [0.05, 0.1) is 0 Å². The normalized spacial score (nSPS) is 9.08. The van der Waals surface area contributed by atoms with Crippen molar-refractivity contribution in [3.63, 3.8) is 0 Å². The molecule has 0 aliphatic heterocycles. The second kappa shape index (κ2) is 4.31. The minimum atomic E-state index is -0.384. The highest BCUT2D eigenvalue weighted by Gasteiger charge is 2.01. The first kappa shape index (κ1) is 9.33. The first-order valence-corrected chi connectivity index (χ1v) is 4.33. The molecule has 0 amide bonds. The molecule has 3 heteroatoms. The van der Waals surface area contributed by atoms with Crippen molar-refractivity contribution in [3.8, 4) is 18.1 Å². The van der Waals surface area contributed by atoms with Crippen LogP contribution in [0.15, 0.2) is 18.2 Å². The van der Waals surface area contributed by atoms with Crippen molar-refractivity contribution >= 4 is 22.6 Å². The number of hydrogen-bond donors (Lipinski definition) is 0. The van der Waals surface area contributed by atoms with E-state index in [4.69, 9.17) is 11.2 Å². The van der Waals surface area contributed by atoms with Gasteiger partial charge in [0.1, 0.15) is 6.61 Å². The molecular formula is C9H6FIO. The molecular weight excluding hydrogens is 270 g/mol. The van der Waals surface area contributed by atoms with Crippen molar-refractivity contribution in [2.24, 2.45) is 0 Å². The van der Waals surface area contributed by atoms with Gasteiger partial charge in [-0.1, -0.05) is 5.92 Å². The van der Waals surface area contributed by atoms with Crippen molar-refractivity contribution in [2.45, 2.75) is 0 Å². The Labute approximate surface area is 84.1 Å². The van der Waals surface area contributed by atoms with Crippen LogP contribution >= 0.6 is 22.6 Å². The number of benzene rings is 1. The largest absolute Gasteiger partial charge is 0.478 e. The lowest BCUT2D eigenvalue weighted by atomic mass is 10.3. The van der Waals surface area contributed by atoms with Crippen LogP contribution in [0.1, 0.15) is 0 Å². The minimum Gasteiger partial charge on any atom is -0.478 e. The van der Waals surface area contributed by atoms with E-state index >= 15 is 0 Å². The van der Waals surface area contributed by atoms with E-state index in [2.05, 4.69) is 28.5 Å². The van der Waals surface area contributed by atoms with Gasteiger partial charge in [0.15, 0.2) is 11.6 Å². The molecule has 0 saturated carbocycles. The molecule has 1 rings (SSSR count). The van der Waals surface area contributed by atoms with E-state index in [1.807, 2.05) is 0 Å². The molecule has 0 saturated heterocycles. The first-order valence-electron chi connectivity index (χ1n) is 3.25. The molecule has 0 aliphatic carbocycles. The fourth-order valence-corrected chi connectivity index (χ4v) is 1.17. The molecule has 0 unspecified atom stereocenters. The van der Waals surface area contributed by atoms with Crippen LogP contribution in [0.3, 0.4) is 0 Å². The van der Waals surface area contributed by atoms with E-state index in [1.165, 1.54) is 6.07 Å². The van der Waals surface area contributed by atoms with Gasteiger partial charge < -0.3 is 4.74 Å². The number of terminal acetylenes is 1. The predicted molar refractivity (Wildman–Crippen MR) is 53.4 cm³/mol. The summed E-state index contributed by atoms with van der Waals surface area (Å²) in [5, 5.41) is 0. The van der Waals surface area contributed by atoms with Crippen LogP contribution in [-0.2, 0) is 0 Å². The number of hydrogen-bond acceptors (Lipinski definition) is 1. The van der Waals surface area contributed by atoms with Gasteiger partial charge in [-0.05, 0) is 40.8 Å². The van der Waals surface area contributed by atoms with Gasteiger partial charge in [-0.25, -0.2) is 4.39 Å². The fraction of sp³-hybridized carbons (Fsp3) is 0.111. The third-order valence-corrected chi connectivity index (χ3v) is 1.88. The molecule has 12 heavy (non-hydrogen) atoms. The lowest BCUT2D eigenvalue weighted by Crippen LogP contribution is -1.96. The Morgan fingerprint density at radius 3 is 3.00 bits per heavy atom. The van der Waals surface area contributed by atoms with Crippen molar-refractivity contribution < 1.29 is 9.13 Å². The van der Waals surface area contributed by atoms with E-state index in [9.17, 15) is 4.39 Å². The van der Waals surface area contributed by atoms with Gasteiger partial charge in [0.25, 0.3) is 0 Å². The summed E-state index contributed by atoms with van der Waals surface area (Å²) in [7, 11) is 0. The summed E-state index contributed by atoms with van der Waals surface area (Å²) in [6.07, 6.45) is 4.97. The third-order valence-electron chi connectivity index (χ3n) is 1.20. The van der Waals surface area contributed by atoms with Gasteiger partial charge in [0.2, 0.25) is 0 Å². The quantitative estimate of drug-likeness (QED) is 0.595. The van der Waals surface area contributed by atoms with Crippen molar-refractivity contribution in [1.29, 1.82) is 0 Å². The Hall–Kier alpha value is -0.760. The highest BCUT2D eigenvalue weighted by atomic mass is 127. The molecule has 0 heterocycles. The van der Waals surface area contributed by atoms with E-state index in [-0.39, 0.29) is 18.2 Å². The molecule has 0 fully saturated rings. The maximum Gasteiger partial charge on any atom is 0.165 e. The standard InChI is InChI=1S/C9H6FIO/c1-2-5-12-9-6-7(11)3-4-8(9)10/h1,3-4,6H,5H2. The van der Waals surface area contributed by atoms with Crippen LogP contribution in [0, 0.1) is 21.7 Å². The maximum absolute atomic E-state index is 12.9. The molecule has 1 nitrogen and oxygen atoms in total. The minimum absolute atomic E-state index is 0.0943. The average molecular weight is 276 g/mol. The summed E-state index contributed by atoms with van der Waals surface area (Å²) in [6, 6.07) is 4.62. The summed E-state index contributed by atoms with van der Waals surface area (Å²) >= 11 is 2.08. The van der Waals surface area contributed by atoms with Gasteiger partial charge >= 0.3 is 0 Å². The molecule has 0 bridgehead atoms. The van der Waals surface area contributed by atoms with Crippen LogP contribution in [0.4, 0.5) is 4.39 Å². The van der Waals surface area contributed by atoms with Crippen LogP contribution in [-0.4, -0.2) is 6.61 Å². The average Bonchev–Trinajstić information content (AvgIpc) is 2.07. The monoisotopic (exact) mass is 276 g/mol. The molecule has 0 N–H and O–H groups in total. The topological polar surface area (TPSA) is 9.23 Å². The van der Waals surface area contributed by atoms with Crippen LogP contribution in [0.5, 0.6) is 5.75 Å². The molecule has 0 atom stereocenters. The zero-order chi connectivity index (χ0) is 8.97. The Morgan fingerprint density at radius 1 is 1.58 bits per heavy atom. The molecule has 1 aromatic carbocycles. The van der Waals surface area contributed by atoms with E-state index in [1.54, 1.807) is 12.1 Å². The Morgan fingerprint density at radius 2 is 2.33 bits per heavy atom. The highest BCUT2D eigenvalue weighted by molar-refractivity contribution is 14.1. The molecule has 62 valence electrons. The van der Waals surface area contributed by atoms with Gasteiger partial charge in [-0.3, -0.25) is 0 Å². The smallest absolute Gasteiger partial charge is 0.165 e. The lowest BCUT2D eigenvalue weighted by molar-refractivity contribution is 0.348. The highest BCUT2D eigenvalue weighted by Crippen LogP contribution is 2.19. The summed E-state index contributed by atoms with van der Waals surface area (Å²) in [6.45, 7) is 0.0943. The molecule has 0 aliphatic rings. The SMILES string of the molecule is C#CCOc1cc(I)ccc1F. The van der Waals surface area contributed by atoms with Crippen LogP contribution in [0.25, 0.3) is 0 Å². The summed E-state index contributed by atoms with van der Waals surface area (Å²) in [5.41, 5.74) is 0. The van der Waals surface area contributed by atoms with Gasteiger partial charge in [-0.2, -0.15) is 0 Å². The van der Waals surface area contributed by atoms with E-state index in [0.29, 0.717) is 0 Å². The maximum atomic E-state index is 12.9. The summed E-state index contributed by atoms with van der Waals surface area (Å²) < 4.78 is 18.8. The Kier molecular flexibility index (Phi) is 3.35. The van der Waals surface area contributed by atoms with Gasteiger partial charge in [0, 0.05) is 3.57 Å². The Bertz CT molecular complexity index is 317. The van der Waals surface area contributed by atoms with E-state index in [0.717, 1.165) is 3.57 Å². The third kappa shape index (κ3) is 2.38. The lowest BCUT2D eigenvalue weighted by Gasteiger charge is -2.03. The number of ether oxygens (including phenoxy) is 1.